The van der Waals surface area contributed by atoms with Gasteiger partial charge in [0, 0.05) is 18.3 Å². The molecule has 1 aliphatic rings. The van der Waals surface area contributed by atoms with Gasteiger partial charge in [-0.1, -0.05) is 6.07 Å². The molecule has 1 aliphatic heterocycles. The van der Waals surface area contributed by atoms with E-state index in [2.05, 4.69) is 0 Å². The van der Waals surface area contributed by atoms with E-state index in [1.165, 1.54) is 5.56 Å². The highest BCUT2D eigenvalue weighted by Gasteiger charge is 2.18. The lowest BCUT2D eigenvalue weighted by Gasteiger charge is -2.30. The Kier molecular flexibility index (Phi) is 2.49. The number of nitrogens with zero attached hydrogens (tertiary/aromatic N) is 1. The predicted octanol–water partition coefficient (Wildman–Crippen LogP) is 0.630. The van der Waals surface area contributed by atoms with Crippen molar-refractivity contribution >= 4 is 11.6 Å². The zero-order valence-corrected chi connectivity index (χ0v) is 8.44. The molecule has 1 aromatic rings. The van der Waals surface area contributed by atoms with Crippen molar-refractivity contribution in [3.63, 3.8) is 0 Å². The van der Waals surface area contributed by atoms with Crippen LogP contribution in [0.5, 0.6) is 5.75 Å². The van der Waals surface area contributed by atoms with Gasteiger partial charge in [-0.3, -0.25) is 4.79 Å². The van der Waals surface area contributed by atoms with Crippen LogP contribution in [0.4, 0.5) is 5.69 Å². The molecule has 80 valence electrons. The Morgan fingerprint density at radius 1 is 1.53 bits per heavy atom. The lowest BCUT2D eigenvalue weighted by molar-refractivity contribution is -0.116. The standard InChI is InChI=1S/C11H14N2O2/c12-11(15)7-13-5-1-2-8-3-4-9(14)6-10(8)13/h3-4,6,14H,1-2,5,7H2,(H2,12,15). The molecule has 0 bridgehead atoms. The molecule has 3 N–H and O–H groups in total. The molecule has 1 aromatic carbocycles. The molecule has 1 amide bonds. The van der Waals surface area contributed by atoms with Crippen LogP contribution in [0.1, 0.15) is 12.0 Å². The Morgan fingerprint density at radius 3 is 3.07 bits per heavy atom. The summed E-state index contributed by atoms with van der Waals surface area (Å²) in [6.07, 6.45) is 2.01. The number of primary amides is 1. The van der Waals surface area contributed by atoms with E-state index in [0.29, 0.717) is 0 Å². The molecule has 0 aromatic heterocycles. The normalized spacial score (nSPS) is 14.8. The van der Waals surface area contributed by atoms with Gasteiger partial charge in [0.15, 0.2) is 0 Å². The molecule has 0 saturated heterocycles. The summed E-state index contributed by atoms with van der Waals surface area (Å²) in [5.41, 5.74) is 7.27. The SMILES string of the molecule is NC(=O)CN1CCCc2ccc(O)cc21. The first-order chi connectivity index (χ1) is 7.16. The Morgan fingerprint density at radius 2 is 2.33 bits per heavy atom. The Labute approximate surface area is 88.3 Å². The number of hydrogen-bond donors (Lipinski definition) is 2. The van der Waals surface area contributed by atoms with Crippen LogP contribution in [0, 0.1) is 0 Å². The van der Waals surface area contributed by atoms with Gasteiger partial charge in [0.25, 0.3) is 0 Å². The zero-order valence-electron chi connectivity index (χ0n) is 8.44. The maximum atomic E-state index is 10.9. The molecule has 0 saturated carbocycles. The van der Waals surface area contributed by atoms with E-state index in [9.17, 15) is 9.90 Å². The van der Waals surface area contributed by atoms with E-state index in [1.54, 1.807) is 12.1 Å². The molecule has 15 heavy (non-hydrogen) atoms. The van der Waals surface area contributed by atoms with Gasteiger partial charge >= 0.3 is 0 Å². The number of anilines is 1. The largest absolute Gasteiger partial charge is 0.508 e. The quantitative estimate of drug-likeness (QED) is 0.745. The fraction of sp³-hybridized carbons (Fsp3) is 0.364. The first-order valence-electron chi connectivity index (χ1n) is 5.02. The van der Waals surface area contributed by atoms with E-state index in [-0.39, 0.29) is 18.2 Å². The maximum absolute atomic E-state index is 10.9. The van der Waals surface area contributed by atoms with Gasteiger partial charge in [0.05, 0.1) is 6.54 Å². The number of benzene rings is 1. The number of aryl methyl sites for hydroxylation is 1. The lowest BCUT2D eigenvalue weighted by Crippen LogP contribution is -2.37. The number of carbonyl (C=O) groups excluding carboxylic acids is 1. The van der Waals surface area contributed by atoms with Crippen molar-refractivity contribution in [3.8, 4) is 5.75 Å². The highest BCUT2D eigenvalue weighted by atomic mass is 16.3. The third-order valence-electron chi connectivity index (χ3n) is 2.63. The van der Waals surface area contributed by atoms with Crippen LogP contribution in [-0.2, 0) is 11.2 Å². The second-order valence-electron chi connectivity index (χ2n) is 3.80. The number of carbonyl (C=O) groups is 1. The van der Waals surface area contributed by atoms with Gasteiger partial charge in [-0.2, -0.15) is 0 Å². The molecule has 0 atom stereocenters. The third kappa shape index (κ3) is 2.03. The van der Waals surface area contributed by atoms with Crippen LogP contribution in [0.25, 0.3) is 0 Å². The van der Waals surface area contributed by atoms with Crippen LogP contribution >= 0.6 is 0 Å². The topological polar surface area (TPSA) is 66.6 Å². The minimum absolute atomic E-state index is 0.219. The summed E-state index contributed by atoms with van der Waals surface area (Å²) in [4.78, 5) is 12.8. The zero-order chi connectivity index (χ0) is 10.8. The fourth-order valence-corrected chi connectivity index (χ4v) is 1.99. The van der Waals surface area contributed by atoms with Crippen LogP contribution in [0.2, 0.25) is 0 Å². The van der Waals surface area contributed by atoms with Crippen molar-refractivity contribution < 1.29 is 9.90 Å². The smallest absolute Gasteiger partial charge is 0.236 e. The minimum Gasteiger partial charge on any atom is -0.508 e. The highest BCUT2D eigenvalue weighted by molar-refractivity contribution is 5.80. The predicted molar refractivity (Wildman–Crippen MR) is 57.8 cm³/mol. The summed E-state index contributed by atoms with van der Waals surface area (Å²) < 4.78 is 0. The molecule has 0 spiro atoms. The number of phenols is 1. The summed E-state index contributed by atoms with van der Waals surface area (Å²) in [6.45, 7) is 1.04. The van der Waals surface area contributed by atoms with Crippen LogP contribution in [0.15, 0.2) is 18.2 Å². The monoisotopic (exact) mass is 206 g/mol. The molecule has 0 unspecified atom stereocenters. The van der Waals surface area contributed by atoms with Gasteiger partial charge in [-0.25, -0.2) is 0 Å². The van der Waals surface area contributed by atoms with Gasteiger partial charge in [0.1, 0.15) is 5.75 Å². The number of rotatable bonds is 2. The number of aromatic hydroxyl groups is 1. The van der Waals surface area contributed by atoms with Crippen molar-refractivity contribution in [3.05, 3.63) is 23.8 Å². The molecule has 0 fully saturated rings. The molecule has 1 heterocycles. The van der Waals surface area contributed by atoms with E-state index >= 15 is 0 Å². The summed E-state index contributed by atoms with van der Waals surface area (Å²) in [5.74, 6) is -0.115. The summed E-state index contributed by atoms with van der Waals surface area (Å²) in [5, 5.41) is 9.40. The van der Waals surface area contributed by atoms with Gasteiger partial charge in [0.2, 0.25) is 5.91 Å². The van der Waals surface area contributed by atoms with Crippen molar-refractivity contribution in [1.82, 2.24) is 0 Å². The van der Waals surface area contributed by atoms with Crippen LogP contribution < -0.4 is 10.6 Å². The highest BCUT2D eigenvalue weighted by Crippen LogP contribution is 2.29. The van der Waals surface area contributed by atoms with Crippen molar-refractivity contribution in [2.24, 2.45) is 5.73 Å². The number of phenolic OH excluding ortho intramolecular Hbond substituents is 1. The molecule has 0 aliphatic carbocycles. The van der Waals surface area contributed by atoms with Crippen molar-refractivity contribution in [2.45, 2.75) is 12.8 Å². The second-order valence-corrected chi connectivity index (χ2v) is 3.80. The molecular weight excluding hydrogens is 192 g/mol. The van der Waals surface area contributed by atoms with E-state index in [0.717, 1.165) is 25.1 Å². The molecule has 4 heteroatoms. The number of nitrogens with two attached hydrogens (primary N) is 1. The molecule has 0 radical (unpaired) electrons. The molecular formula is C11H14N2O2. The molecule has 2 rings (SSSR count). The summed E-state index contributed by atoms with van der Waals surface area (Å²) in [6, 6.07) is 5.27. The molecule has 4 nitrogen and oxygen atoms in total. The van der Waals surface area contributed by atoms with Crippen molar-refractivity contribution in [2.75, 3.05) is 18.0 Å². The van der Waals surface area contributed by atoms with E-state index in [1.807, 2.05) is 11.0 Å². The van der Waals surface area contributed by atoms with Gasteiger partial charge in [-0.05, 0) is 24.5 Å². The first kappa shape index (κ1) is 9.83. The van der Waals surface area contributed by atoms with E-state index in [4.69, 9.17) is 5.73 Å². The fourth-order valence-electron chi connectivity index (χ4n) is 1.99. The third-order valence-corrected chi connectivity index (χ3v) is 2.63. The van der Waals surface area contributed by atoms with Gasteiger partial charge in [-0.15, -0.1) is 0 Å². The summed E-state index contributed by atoms with van der Waals surface area (Å²) in [7, 11) is 0. The Hall–Kier alpha value is -1.71. The number of fused-ring (bicyclic) bond motifs is 1. The second kappa shape index (κ2) is 3.81. The van der Waals surface area contributed by atoms with Crippen LogP contribution in [0.3, 0.4) is 0 Å². The van der Waals surface area contributed by atoms with Crippen LogP contribution in [-0.4, -0.2) is 24.1 Å². The number of hydrogen-bond acceptors (Lipinski definition) is 3. The maximum Gasteiger partial charge on any atom is 0.236 e. The Bertz CT molecular complexity index is 390. The van der Waals surface area contributed by atoms with E-state index < -0.39 is 0 Å². The summed E-state index contributed by atoms with van der Waals surface area (Å²) >= 11 is 0. The minimum atomic E-state index is -0.341. The Balaban J connectivity index is 2.32. The number of amides is 1. The first-order valence-corrected chi connectivity index (χ1v) is 5.02. The lowest BCUT2D eigenvalue weighted by atomic mass is 10.0. The average molecular weight is 206 g/mol. The average Bonchev–Trinajstić information content (AvgIpc) is 2.18. The van der Waals surface area contributed by atoms with Crippen molar-refractivity contribution in [1.29, 1.82) is 0 Å². The van der Waals surface area contributed by atoms with Gasteiger partial charge < -0.3 is 15.7 Å².